The van der Waals surface area contributed by atoms with Gasteiger partial charge in [-0.25, -0.2) is 0 Å². The topological polar surface area (TPSA) is 77.8 Å². The number of benzene rings is 3. The Hall–Kier alpha value is -3.46. The largest absolute Gasteiger partial charge is 0.470 e. The molecule has 4 atom stereocenters. The summed E-state index contributed by atoms with van der Waals surface area (Å²) in [4.78, 5) is 14.0. The Balaban J connectivity index is 1.50. The van der Waals surface area contributed by atoms with E-state index in [0.717, 1.165) is 16.6 Å². The second-order valence-electron chi connectivity index (χ2n) is 10.2. The van der Waals surface area contributed by atoms with Gasteiger partial charge < -0.3 is 9.30 Å². The highest BCUT2D eigenvalue weighted by molar-refractivity contribution is 7.86. The maximum absolute atomic E-state index is 13.9. The van der Waals surface area contributed by atoms with E-state index >= 15 is 0 Å². The average Bonchev–Trinajstić information content (AvgIpc) is 3.28. The minimum atomic E-state index is -4.06. The number of hydrogen-bond acceptors (Lipinski definition) is 6. The first kappa shape index (κ1) is 24.9. The number of aromatic nitrogens is 1. The Morgan fingerprint density at radius 2 is 1.66 bits per heavy atom. The van der Waals surface area contributed by atoms with E-state index in [9.17, 15) is 13.2 Å². The molecule has 0 N–H and O–H groups in total. The minimum Gasteiger partial charge on any atom is -0.470 e. The molecule has 38 heavy (non-hydrogen) atoms. The third kappa shape index (κ3) is 3.95. The Kier molecular flexibility index (Phi) is 6.13. The van der Waals surface area contributed by atoms with Crippen molar-refractivity contribution in [2.24, 2.45) is 13.0 Å². The van der Waals surface area contributed by atoms with Crippen LogP contribution in [0.3, 0.4) is 0 Å². The second-order valence-corrected chi connectivity index (χ2v) is 11.7. The van der Waals surface area contributed by atoms with Crippen LogP contribution in [0.4, 0.5) is 0 Å². The van der Waals surface area contributed by atoms with E-state index in [1.54, 1.807) is 29.3 Å². The summed E-state index contributed by atoms with van der Waals surface area (Å²) < 4.78 is 41.0. The fraction of sp³-hybridized carbons (Fsp3) is 0.300. The van der Waals surface area contributed by atoms with Gasteiger partial charge in [0.2, 0.25) is 5.88 Å². The van der Waals surface area contributed by atoms with Gasteiger partial charge in [-0.1, -0.05) is 67.1 Å². The lowest BCUT2D eigenvalue weighted by molar-refractivity contribution is -0.0698. The van der Waals surface area contributed by atoms with Gasteiger partial charge in [0.1, 0.15) is 6.10 Å². The maximum Gasteiger partial charge on any atom is 0.313 e. The fourth-order valence-corrected chi connectivity index (χ4v) is 7.10. The molecule has 1 saturated heterocycles. The molecule has 3 aromatic carbocycles. The lowest BCUT2D eigenvalue weighted by Crippen LogP contribution is -2.38. The van der Waals surface area contributed by atoms with Crippen molar-refractivity contribution in [2.75, 3.05) is 6.54 Å². The van der Waals surface area contributed by atoms with Crippen LogP contribution in [0.1, 0.15) is 42.1 Å². The molecule has 7 nitrogen and oxygen atoms in total. The van der Waals surface area contributed by atoms with Crippen molar-refractivity contribution in [1.82, 2.24) is 9.63 Å². The Bertz CT molecular complexity index is 1670. The molecule has 0 spiro atoms. The SMILES string of the molecule is CCC1[C@H]2c3c(n(C)c4ccccc4c3=O)OC(c3ccccc3)[C@@H]2CN1OS(=O)(=O)c1ccc(C)cc1. The third-order valence-corrected chi connectivity index (χ3v) is 9.17. The number of nitrogens with zero attached hydrogens (tertiary/aromatic N) is 2. The number of para-hydroxylation sites is 1. The van der Waals surface area contributed by atoms with Crippen LogP contribution in [0.5, 0.6) is 5.88 Å². The zero-order valence-corrected chi connectivity index (χ0v) is 22.4. The predicted molar refractivity (Wildman–Crippen MR) is 145 cm³/mol. The summed E-state index contributed by atoms with van der Waals surface area (Å²) >= 11 is 0. The first-order chi connectivity index (χ1) is 18.3. The molecular formula is C30H30N2O5S. The number of fused-ring (bicyclic) bond motifs is 4. The zero-order valence-electron chi connectivity index (χ0n) is 21.6. The highest BCUT2D eigenvalue weighted by Gasteiger charge is 2.53. The van der Waals surface area contributed by atoms with Crippen LogP contribution < -0.4 is 10.2 Å². The summed E-state index contributed by atoms with van der Waals surface area (Å²) in [5.41, 5.74) is 3.26. The Labute approximate surface area is 222 Å². The summed E-state index contributed by atoms with van der Waals surface area (Å²) in [6.07, 6.45) is 0.229. The number of hydrogen-bond donors (Lipinski definition) is 0. The van der Waals surface area contributed by atoms with Crippen molar-refractivity contribution < 1.29 is 17.4 Å². The number of hydroxylamine groups is 2. The number of pyridine rings is 1. The van der Waals surface area contributed by atoms with Crippen LogP contribution in [-0.4, -0.2) is 30.6 Å². The van der Waals surface area contributed by atoms with E-state index in [1.807, 2.05) is 80.1 Å². The van der Waals surface area contributed by atoms with Gasteiger partial charge in [0.15, 0.2) is 5.43 Å². The molecule has 1 aromatic heterocycles. The number of ether oxygens (including phenoxy) is 1. The van der Waals surface area contributed by atoms with Crippen LogP contribution in [0.2, 0.25) is 0 Å². The van der Waals surface area contributed by atoms with Crippen molar-refractivity contribution in [3.63, 3.8) is 0 Å². The number of rotatable bonds is 5. The van der Waals surface area contributed by atoms with Gasteiger partial charge in [-0.05, 0) is 43.2 Å². The van der Waals surface area contributed by atoms with Crippen molar-refractivity contribution in [2.45, 2.75) is 43.2 Å². The standard InChI is InChI=1S/C30H30N2O5S/c1-4-24-26-23(18-32(24)37-38(34,35)21-16-14-19(2)15-17-21)29(20-10-6-5-7-11-20)36-30-27(26)28(33)22-12-8-9-13-25(22)31(30)3/h5-17,23-24,26,29H,4,18H2,1-3H3/t23-,24?,26+,29?/m1/s1. The Morgan fingerprint density at radius 1 is 0.974 bits per heavy atom. The quantitative estimate of drug-likeness (QED) is 0.358. The van der Waals surface area contributed by atoms with Crippen molar-refractivity contribution >= 4 is 21.0 Å². The molecule has 196 valence electrons. The molecule has 0 radical (unpaired) electrons. The van der Waals surface area contributed by atoms with E-state index in [1.165, 1.54) is 0 Å². The van der Waals surface area contributed by atoms with Gasteiger partial charge in [0, 0.05) is 36.9 Å². The minimum absolute atomic E-state index is 0.0723. The first-order valence-electron chi connectivity index (χ1n) is 12.9. The lowest BCUT2D eigenvalue weighted by Gasteiger charge is -2.38. The summed E-state index contributed by atoms with van der Waals surface area (Å²) in [6, 6.07) is 23.7. The van der Waals surface area contributed by atoms with Crippen LogP contribution in [0.15, 0.2) is 88.6 Å². The van der Waals surface area contributed by atoms with E-state index in [4.69, 9.17) is 9.02 Å². The fourth-order valence-electron chi connectivity index (χ4n) is 6.12. The molecule has 0 saturated carbocycles. The molecule has 0 bridgehead atoms. The Morgan fingerprint density at radius 3 is 2.37 bits per heavy atom. The van der Waals surface area contributed by atoms with Gasteiger partial charge in [-0.3, -0.25) is 4.79 Å². The smallest absolute Gasteiger partial charge is 0.313 e. The monoisotopic (exact) mass is 530 g/mol. The van der Waals surface area contributed by atoms with Gasteiger partial charge >= 0.3 is 10.1 Å². The first-order valence-corrected chi connectivity index (χ1v) is 14.3. The van der Waals surface area contributed by atoms with Crippen LogP contribution in [0, 0.1) is 12.8 Å². The van der Waals surface area contributed by atoms with Gasteiger partial charge in [0.05, 0.1) is 16.0 Å². The molecule has 6 rings (SSSR count). The summed E-state index contributed by atoms with van der Waals surface area (Å²) in [5.74, 6) is 0.0768. The van der Waals surface area contributed by atoms with E-state index in [2.05, 4.69) is 0 Å². The molecule has 0 amide bonds. The van der Waals surface area contributed by atoms with E-state index in [0.29, 0.717) is 29.8 Å². The average molecular weight is 531 g/mol. The molecule has 3 heterocycles. The highest BCUT2D eigenvalue weighted by atomic mass is 32.2. The van der Waals surface area contributed by atoms with E-state index < -0.39 is 10.1 Å². The van der Waals surface area contributed by atoms with Gasteiger partial charge in [-0.2, -0.15) is 17.8 Å². The predicted octanol–water partition coefficient (Wildman–Crippen LogP) is 5.10. The molecule has 8 heteroatoms. The van der Waals surface area contributed by atoms with Crippen LogP contribution in [0.25, 0.3) is 10.9 Å². The molecule has 4 aromatic rings. The molecule has 2 unspecified atom stereocenters. The summed E-state index contributed by atoms with van der Waals surface area (Å²) in [5, 5.41) is 2.18. The number of aryl methyl sites for hydroxylation is 2. The lowest BCUT2D eigenvalue weighted by atomic mass is 9.76. The molecular weight excluding hydrogens is 500 g/mol. The zero-order chi connectivity index (χ0) is 26.6. The van der Waals surface area contributed by atoms with Gasteiger partial charge in [-0.15, -0.1) is 0 Å². The highest BCUT2D eigenvalue weighted by Crippen LogP contribution is 2.52. The third-order valence-electron chi connectivity index (χ3n) is 7.94. The molecule has 2 aliphatic rings. The van der Waals surface area contributed by atoms with Gasteiger partial charge in [0.25, 0.3) is 0 Å². The second kappa shape index (κ2) is 9.38. The molecule has 0 aliphatic carbocycles. The maximum atomic E-state index is 13.9. The summed E-state index contributed by atoms with van der Waals surface area (Å²) in [7, 11) is -2.15. The van der Waals surface area contributed by atoms with Crippen LogP contribution in [-0.2, 0) is 21.4 Å². The normalized spacial score (nSPS) is 23.1. The van der Waals surface area contributed by atoms with Crippen molar-refractivity contribution in [3.05, 3.63) is 106 Å². The van der Waals surface area contributed by atoms with E-state index in [-0.39, 0.29) is 34.3 Å². The summed E-state index contributed by atoms with van der Waals surface area (Å²) in [6.45, 7) is 4.21. The van der Waals surface area contributed by atoms with Crippen molar-refractivity contribution in [3.8, 4) is 5.88 Å². The van der Waals surface area contributed by atoms with Crippen molar-refractivity contribution in [1.29, 1.82) is 0 Å². The molecule has 1 fully saturated rings. The van der Waals surface area contributed by atoms with Crippen LogP contribution >= 0.6 is 0 Å². The molecule has 2 aliphatic heterocycles.